The zero-order chi connectivity index (χ0) is 12.6. The van der Waals surface area contributed by atoms with Crippen LogP contribution in [0.3, 0.4) is 0 Å². The Morgan fingerprint density at radius 1 is 1.41 bits per heavy atom. The summed E-state index contributed by atoms with van der Waals surface area (Å²) in [6.07, 6.45) is -0.541. The van der Waals surface area contributed by atoms with Gasteiger partial charge < -0.3 is 10.0 Å². The number of hydrogen-bond donors (Lipinski definition) is 1. The molecule has 4 heteroatoms. The first-order valence-electron chi connectivity index (χ1n) is 5.64. The predicted octanol–water partition coefficient (Wildman–Crippen LogP) is 2.07. The molecule has 0 fully saturated rings. The highest BCUT2D eigenvalue weighted by atomic mass is 79.9. The lowest BCUT2D eigenvalue weighted by molar-refractivity contribution is -0.122. The molecule has 0 bridgehead atoms. The highest BCUT2D eigenvalue weighted by Crippen LogP contribution is 2.41. The lowest BCUT2D eigenvalue weighted by Crippen LogP contribution is -2.40. The van der Waals surface area contributed by atoms with Gasteiger partial charge in [0.25, 0.3) is 0 Å². The first-order valence-corrected chi connectivity index (χ1v) is 6.76. The van der Waals surface area contributed by atoms with E-state index in [-0.39, 0.29) is 5.91 Å². The number of rotatable bonds is 3. The molecule has 0 spiro atoms. The van der Waals surface area contributed by atoms with Crippen LogP contribution in [0.4, 0.5) is 5.69 Å². The number of para-hydroxylation sites is 1. The summed E-state index contributed by atoms with van der Waals surface area (Å²) in [5.74, 6) is 0.0544. The molecule has 1 aromatic rings. The second kappa shape index (κ2) is 4.42. The van der Waals surface area contributed by atoms with Gasteiger partial charge in [0.2, 0.25) is 5.91 Å². The van der Waals surface area contributed by atoms with E-state index in [4.69, 9.17) is 0 Å². The molecule has 3 nitrogen and oxygen atoms in total. The van der Waals surface area contributed by atoms with Gasteiger partial charge >= 0.3 is 0 Å². The maximum Gasteiger partial charge on any atom is 0.237 e. The largest absolute Gasteiger partial charge is 0.390 e. The summed E-state index contributed by atoms with van der Waals surface area (Å²) in [4.78, 5) is 14.0. The topological polar surface area (TPSA) is 40.5 Å². The highest BCUT2D eigenvalue weighted by molar-refractivity contribution is 9.09. The fourth-order valence-electron chi connectivity index (χ4n) is 2.24. The molecule has 92 valence electrons. The van der Waals surface area contributed by atoms with E-state index in [9.17, 15) is 9.90 Å². The van der Waals surface area contributed by atoms with Crippen molar-refractivity contribution in [3.05, 3.63) is 29.8 Å². The van der Waals surface area contributed by atoms with Gasteiger partial charge in [-0.15, -0.1) is 0 Å². The smallest absolute Gasteiger partial charge is 0.237 e. The van der Waals surface area contributed by atoms with E-state index in [1.54, 1.807) is 4.90 Å². The molecule has 1 unspecified atom stereocenters. The number of amides is 1. The standard InChI is InChI=1S/C13H16BrNO2/c1-13(2)10-5-3-4-6-11(10)15(12(13)17)8-9(16)7-14/h3-6,9,16H,7-8H2,1-2H3. The predicted molar refractivity (Wildman–Crippen MR) is 71.6 cm³/mol. The van der Waals surface area contributed by atoms with Crippen LogP contribution in [-0.4, -0.2) is 29.0 Å². The van der Waals surface area contributed by atoms with Gasteiger partial charge in [0.05, 0.1) is 18.1 Å². The third kappa shape index (κ3) is 2.00. The Kier molecular flexibility index (Phi) is 3.27. The van der Waals surface area contributed by atoms with Crippen LogP contribution >= 0.6 is 15.9 Å². The Morgan fingerprint density at radius 2 is 2.06 bits per heavy atom. The number of β-amino-alcohol motifs (C(OH)–C–C–N with tert-alkyl or cyclic N) is 1. The number of alkyl halides is 1. The van der Waals surface area contributed by atoms with Crippen LogP contribution in [0.5, 0.6) is 0 Å². The Morgan fingerprint density at radius 3 is 2.71 bits per heavy atom. The number of halogens is 1. The van der Waals surface area contributed by atoms with Crippen LogP contribution < -0.4 is 4.90 Å². The SMILES string of the molecule is CC1(C)C(=O)N(CC(O)CBr)c2ccccc21. The van der Waals surface area contributed by atoms with Crippen LogP contribution in [-0.2, 0) is 10.2 Å². The van der Waals surface area contributed by atoms with Gasteiger partial charge in [-0.1, -0.05) is 34.1 Å². The van der Waals surface area contributed by atoms with Gasteiger partial charge in [0, 0.05) is 11.0 Å². The molecule has 1 aliphatic heterocycles. The number of aliphatic hydroxyl groups is 1. The molecule has 2 rings (SSSR count). The van der Waals surface area contributed by atoms with E-state index >= 15 is 0 Å². The first-order chi connectivity index (χ1) is 7.98. The maximum atomic E-state index is 12.3. The lowest BCUT2D eigenvalue weighted by atomic mass is 9.86. The molecule has 1 amide bonds. The average Bonchev–Trinajstić information content (AvgIpc) is 2.51. The summed E-state index contributed by atoms with van der Waals surface area (Å²) in [6.45, 7) is 4.19. The summed E-state index contributed by atoms with van der Waals surface area (Å²) < 4.78 is 0. The van der Waals surface area contributed by atoms with Gasteiger partial charge in [-0.25, -0.2) is 0 Å². The summed E-state index contributed by atoms with van der Waals surface area (Å²) in [5.41, 5.74) is 1.46. The molecule has 1 heterocycles. The molecule has 0 aromatic heterocycles. The number of fused-ring (bicyclic) bond motifs is 1. The summed E-state index contributed by atoms with van der Waals surface area (Å²) in [5, 5.41) is 10.2. The fraction of sp³-hybridized carbons (Fsp3) is 0.462. The van der Waals surface area contributed by atoms with Crippen molar-refractivity contribution >= 4 is 27.5 Å². The van der Waals surface area contributed by atoms with Gasteiger partial charge in [0.15, 0.2) is 0 Å². The highest BCUT2D eigenvalue weighted by Gasteiger charge is 2.43. The van der Waals surface area contributed by atoms with Crippen LogP contribution in [0.2, 0.25) is 0 Å². The minimum atomic E-state index is -0.541. The van der Waals surface area contributed by atoms with Crippen LogP contribution in [0.1, 0.15) is 19.4 Å². The minimum Gasteiger partial charge on any atom is -0.390 e. The molecular formula is C13H16BrNO2. The molecule has 0 aliphatic carbocycles. The van der Waals surface area contributed by atoms with Gasteiger partial charge in [-0.3, -0.25) is 4.79 Å². The Labute approximate surface area is 110 Å². The van der Waals surface area contributed by atoms with Crippen molar-refractivity contribution < 1.29 is 9.90 Å². The quantitative estimate of drug-likeness (QED) is 0.868. The minimum absolute atomic E-state index is 0.0544. The fourth-order valence-corrected chi connectivity index (χ4v) is 2.45. The third-order valence-electron chi connectivity index (χ3n) is 3.22. The van der Waals surface area contributed by atoms with Crippen LogP contribution in [0, 0.1) is 0 Å². The number of hydrogen-bond acceptors (Lipinski definition) is 2. The van der Waals surface area contributed by atoms with Crippen LogP contribution in [0.15, 0.2) is 24.3 Å². The van der Waals surface area contributed by atoms with Crippen molar-refractivity contribution in [2.24, 2.45) is 0 Å². The molecule has 0 saturated carbocycles. The monoisotopic (exact) mass is 297 g/mol. The number of carbonyl (C=O) groups is 1. The second-order valence-electron chi connectivity index (χ2n) is 4.87. The number of aliphatic hydroxyl groups excluding tert-OH is 1. The van der Waals surface area contributed by atoms with Gasteiger partial charge in [0.1, 0.15) is 0 Å². The van der Waals surface area contributed by atoms with E-state index in [2.05, 4.69) is 15.9 Å². The summed E-state index contributed by atoms with van der Waals surface area (Å²) in [6, 6.07) is 7.77. The normalized spacial score (nSPS) is 19.3. The molecule has 1 N–H and O–H groups in total. The van der Waals surface area contributed by atoms with Crippen molar-refractivity contribution in [1.29, 1.82) is 0 Å². The molecule has 1 aromatic carbocycles. The Balaban J connectivity index is 2.39. The number of nitrogens with zero attached hydrogens (tertiary/aromatic N) is 1. The first kappa shape index (κ1) is 12.6. The average molecular weight is 298 g/mol. The lowest BCUT2D eigenvalue weighted by Gasteiger charge is -2.22. The molecular weight excluding hydrogens is 282 g/mol. The zero-order valence-corrected chi connectivity index (χ0v) is 11.6. The summed E-state index contributed by atoms with van der Waals surface area (Å²) >= 11 is 3.22. The molecule has 0 saturated heterocycles. The number of anilines is 1. The van der Waals surface area contributed by atoms with Crippen molar-refractivity contribution in [3.8, 4) is 0 Å². The van der Waals surface area contributed by atoms with Crippen molar-refractivity contribution in [2.45, 2.75) is 25.4 Å². The van der Waals surface area contributed by atoms with Crippen molar-refractivity contribution in [2.75, 3.05) is 16.8 Å². The van der Waals surface area contributed by atoms with E-state index in [0.717, 1.165) is 11.3 Å². The van der Waals surface area contributed by atoms with E-state index in [0.29, 0.717) is 11.9 Å². The third-order valence-corrected chi connectivity index (χ3v) is 3.97. The molecule has 17 heavy (non-hydrogen) atoms. The Hall–Kier alpha value is -0.870. The molecule has 1 aliphatic rings. The van der Waals surface area contributed by atoms with Crippen LogP contribution in [0.25, 0.3) is 0 Å². The van der Waals surface area contributed by atoms with E-state index in [1.165, 1.54) is 0 Å². The van der Waals surface area contributed by atoms with E-state index in [1.807, 2.05) is 38.1 Å². The van der Waals surface area contributed by atoms with E-state index < -0.39 is 11.5 Å². The molecule has 0 radical (unpaired) electrons. The zero-order valence-electron chi connectivity index (χ0n) is 9.98. The molecule has 1 atom stereocenters. The number of benzene rings is 1. The number of carbonyl (C=O) groups excluding carboxylic acids is 1. The second-order valence-corrected chi connectivity index (χ2v) is 5.51. The van der Waals surface area contributed by atoms with Gasteiger partial charge in [-0.05, 0) is 25.5 Å². The van der Waals surface area contributed by atoms with Crippen molar-refractivity contribution in [1.82, 2.24) is 0 Å². The maximum absolute atomic E-state index is 12.3. The van der Waals surface area contributed by atoms with Crippen molar-refractivity contribution in [3.63, 3.8) is 0 Å². The Bertz CT molecular complexity index is 445. The summed E-state index contributed by atoms with van der Waals surface area (Å²) in [7, 11) is 0. The van der Waals surface area contributed by atoms with Gasteiger partial charge in [-0.2, -0.15) is 0 Å².